The molecule has 3 nitrogen and oxygen atoms in total. The molecule has 0 unspecified atom stereocenters. The van der Waals surface area contributed by atoms with Crippen molar-refractivity contribution in [2.45, 2.75) is 25.6 Å². The molecule has 0 bridgehead atoms. The van der Waals surface area contributed by atoms with E-state index in [-0.39, 0.29) is 0 Å². The van der Waals surface area contributed by atoms with Gasteiger partial charge in [0.05, 0.1) is 18.1 Å². The molecule has 1 aromatic rings. The fourth-order valence-corrected chi connectivity index (χ4v) is 1.58. The lowest BCUT2D eigenvalue weighted by molar-refractivity contribution is -0.139. The van der Waals surface area contributed by atoms with Crippen LogP contribution in [-0.2, 0) is 19.1 Å². The van der Waals surface area contributed by atoms with Gasteiger partial charge in [0.25, 0.3) is 6.43 Å². The number of alkyl halides is 5. The molecule has 0 radical (unpaired) electrons. The zero-order valence-electron chi connectivity index (χ0n) is 8.93. The molecule has 0 amide bonds. The normalized spacial score (nSPS) is 11.7. The van der Waals surface area contributed by atoms with Gasteiger partial charge in [-0.3, -0.25) is 4.98 Å². The molecule has 1 rings (SSSR count). The lowest BCUT2D eigenvalue weighted by atomic mass is 9.99. The van der Waals surface area contributed by atoms with E-state index in [1.54, 1.807) is 0 Å². The number of rotatable bonds is 3. The molecule has 0 saturated carbocycles. The van der Waals surface area contributed by atoms with E-state index in [0.29, 0.717) is 6.20 Å². The fourth-order valence-electron chi connectivity index (χ4n) is 1.58. The Kier molecular flexibility index (Phi) is 4.19. The molecule has 1 aromatic heterocycles. The summed E-state index contributed by atoms with van der Waals surface area (Å²) in [5.74, 6) is 0. The highest BCUT2D eigenvalue weighted by Gasteiger charge is 2.38. The smallest absolute Gasteiger partial charge is 0.326 e. The predicted molar refractivity (Wildman–Crippen MR) is 51.4 cm³/mol. The molecule has 0 spiro atoms. The van der Waals surface area contributed by atoms with E-state index in [0.717, 1.165) is 0 Å². The van der Waals surface area contributed by atoms with Crippen molar-refractivity contribution in [3.63, 3.8) is 0 Å². The molecule has 2 N–H and O–H groups in total. The third-order valence-corrected chi connectivity index (χ3v) is 2.26. The van der Waals surface area contributed by atoms with Crippen LogP contribution in [0.4, 0.5) is 22.0 Å². The van der Waals surface area contributed by atoms with Crippen molar-refractivity contribution in [2.24, 2.45) is 5.73 Å². The summed E-state index contributed by atoms with van der Waals surface area (Å²) in [6, 6.07) is 1.53. The van der Waals surface area contributed by atoms with Gasteiger partial charge in [-0.1, -0.05) is 0 Å². The van der Waals surface area contributed by atoms with Crippen LogP contribution in [0, 0.1) is 11.3 Å². The predicted octanol–water partition coefficient (Wildman–Crippen LogP) is 2.56. The molecule has 0 atom stereocenters. The van der Waals surface area contributed by atoms with E-state index in [1.807, 2.05) is 0 Å². The number of aromatic nitrogens is 1. The van der Waals surface area contributed by atoms with Gasteiger partial charge in [-0.15, -0.1) is 0 Å². The van der Waals surface area contributed by atoms with E-state index in [9.17, 15) is 22.0 Å². The first-order chi connectivity index (χ1) is 8.32. The van der Waals surface area contributed by atoms with E-state index in [4.69, 9.17) is 11.0 Å². The average molecular weight is 265 g/mol. The minimum atomic E-state index is -4.85. The monoisotopic (exact) mass is 265 g/mol. The standard InChI is InChI=1S/C10H8F5N3/c11-9(12)8-6(3-17)7(10(13,14)15)5(1-2-16)4-18-8/h4,9H,1,3,17H2. The van der Waals surface area contributed by atoms with Crippen molar-refractivity contribution in [3.8, 4) is 6.07 Å². The van der Waals surface area contributed by atoms with Gasteiger partial charge in [0.2, 0.25) is 0 Å². The second-order valence-corrected chi connectivity index (χ2v) is 3.36. The molecule has 0 aliphatic carbocycles. The zero-order chi connectivity index (χ0) is 13.9. The molecule has 1 heterocycles. The van der Waals surface area contributed by atoms with Gasteiger partial charge in [0, 0.05) is 18.3 Å². The molecule has 8 heteroatoms. The molecular formula is C10H8F5N3. The first-order valence-electron chi connectivity index (χ1n) is 4.76. The first-order valence-corrected chi connectivity index (χ1v) is 4.76. The number of nitrogens with two attached hydrogens (primary N) is 1. The maximum atomic E-state index is 12.8. The quantitative estimate of drug-likeness (QED) is 0.854. The summed E-state index contributed by atoms with van der Waals surface area (Å²) >= 11 is 0. The van der Waals surface area contributed by atoms with Crippen molar-refractivity contribution in [1.29, 1.82) is 5.26 Å². The van der Waals surface area contributed by atoms with Crippen LogP contribution >= 0.6 is 0 Å². The van der Waals surface area contributed by atoms with E-state index < -0.39 is 48.0 Å². The largest absolute Gasteiger partial charge is 0.417 e. The van der Waals surface area contributed by atoms with Crippen LogP contribution in [0.5, 0.6) is 0 Å². The maximum Gasteiger partial charge on any atom is 0.417 e. The van der Waals surface area contributed by atoms with Crippen molar-refractivity contribution in [1.82, 2.24) is 4.98 Å². The summed E-state index contributed by atoms with van der Waals surface area (Å²) in [4.78, 5) is 3.26. The van der Waals surface area contributed by atoms with Crippen molar-refractivity contribution in [2.75, 3.05) is 0 Å². The number of nitriles is 1. The third-order valence-electron chi connectivity index (χ3n) is 2.26. The van der Waals surface area contributed by atoms with Gasteiger partial charge >= 0.3 is 6.18 Å². The summed E-state index contributed by atoms with van der Waals surface area (Å²) in [5.41, 5.74) is 1.61. The second-order valence-electron chi connectivity index (χ2n) is 3.36. The molecule has 0 aromatic carbocycles. The summed E-state index contributed by atoms with van der Waals surface area (Å²) in [6.45, 7) is -0.721. The molecule has 0 aliphatic rings. The minimum Gasteiger partial charge on any atom is -0.326 e. The highest BCUT2D eigenvalue weighted by Crippen LogP contribution is 2.37. The van der Waals surface area contributed by atoms with Gasteiger partial charge in [-0.2, -0.15) is 18.4 Å². The van der Waals surface area contributed by atoms with E-state index >= 15 is 0 Å². The van der Waals surface area contributed by atoms with Gasteiger partial charge < -0.3 is 5.73 Å². The number of halogens is 5. The maximum absolute atomic E-state index is 12.8. The van der Waals surface area contributed by atoms with Crippen LogP contribution < -0.4 is 5.73 Å². The number of hydrogen-bond donors (Lipinski definition) is 1. The van der Waals surface area contributed by atoms with Crippen LogP contribution in [0.2, 0.25) is 0 Å². The molecule has 0 aliphatic heterocycles. The number of nitrogens with zero attached hydrogens (tertiary/aromatic N) is 2. The molecule has 0 fully saturated rings. The second kappa shape index (κ2) is 5.27. The average Bonchev–Trinajstić information content (AvgIpc) is 2.26. The Morgan fingerprint density at radius 1 is 1.39 bits per heavy atom. The fraction of sp³-hybridized carbons (Fsp3) is 0.400. The Balaban J connectivity index is 3.57. The van der Waals surface area contributed by atoms with Crippen molar-refractivity contribution < 1.29 is 22.0 Å². The molecule has 0 saturated heterocycles. The zero-order valence-corrected chi connectivity index (χ0v) is 8.93. The van der Waals surface area contributed by atoms with Crippen molar-refractivity contribution >= 4 is 0 Å². The Morgan fingerprint density at radius 3 is 2.39 bits per heavy atom. The number of hydrogen-bond acceptors (Lipinski definition) is 3. The highest BCUT2D eigenvalue weighted by atomic mass is 19.4. The van der Waals surface area contributed by atoms with Gasteiger partial charge in [-0.05, 0) is 5.56 Å². The van der Waals surface area contributed by atoms with Crippen LogP contribution in [-0.4, -0.2) is 4.98 Å². The first kappa shape index (κ1) is 14.3. The molecular weight excluding hydrogens is 257 g/mol. The summed E-state index contributed by atoms with van der Waals surface area (Å²) in [5, 5.41) is 8.43. The molecule has 98 valence electrons. The highest BCUT2D eigenvalue weighted by molar-refractivity contribution is 5.40. The SMILES string of the molecule is N#CCc1cnc(C(F)F)c(CN)c1C(F)(F)F. The Morgan fingerprint density at radius 2 is 2.00 bits per heavy atom. The Bertz CT molecular complexity index is 476. The Hall–Kier alpha value is -1.75. The van der Waals surface area contributed by atoms with Crippen LogP contribution in [0.15, 0.2) is 6.20 Å². The third kappa shape index (κ3) is 2.73. The minimum absolute atomic E-state index is 0.449. The summed E-state index contributed by atoms with van der Waals surface area (Å²) in [6.07, 6.45) is -7.93. The lowest BCUT2D eigenvalue weighted by Gasteiger charge is -2.17. The van der Waals surface area contributed by atoms with E-state index in [1.165, 1.54) is 6.07 Å². The molecule has 18 heavy (non-hydrogen) atoms. The van der Waals surface area contributed by atoms with E-state index in [2.05, 4.69) is 4.98 Å². The Labute approximate surface area is 99.0 Å². The van der Waals surface area contributed by atoms with Crippen LogP contribution in [0.1, 0.15) is 28.8 Å². The van der Waals surface area contributed by atoms with Crippen LogP contribution in [0.3, 0.4) is 0 Å². The van der Waals surface area contributed by atoms with Gasteiger partial charge in [0.1, 0.15) is 5.69 Å². The summed E-state index contributed by atoms with van der Waals surface area (Å²) < 4.78 is 63.6. The van der Waals surface area contributed by atoms with Gasteiger partial charge in [0.15, 0.2) is 0 Å². The van der Waals surface area contributed by atoms with Crippen molar-refractivity contribution in [3.05, 3.63) is 28.6 Å². The topological polar surface area (TPSA) is 62.7 Å². The number of pyridine rings is 1. The van der Waals surface area contributed by atoms with Gasteiger partial charge in [-0.25, -0.2) is 8.78 Å². The van der Waals surface area contributed by atoms with Crippen LogP contribution in [0.25, 0.3) is 0 Å². The summed E-state index contributed by atoms with van der Waals surface area (Å²) in [7, 11) is 0. The lowest BCUT2D eigenvalue weighted by Crippen LogP contribution is -2.18.